The molecule has 0 aromatic rings. The zero-order chi connectivity index (χ0) is 4.99. The van der Waals surface area contributed by atoms with Gasteiger partial charge in [-0.3, -0.25) is 0 Å². The minimum absolute atomic E-state index is 0.278. The van der Waals surface area contributed by atoms with Crippen molar-refractivity contribution in [3.8, 4) is 0 Å². The standard InChI is InChI=1S/C2H2NO3/c4-2(5)1-3-6/h1H,(H,4,5). The zero-order valence-electron chi connectivity index (χ0n) is 2.79. The van der Waals surface area contributed by atoms with Crippen LogP contribution in [0.5, 0.6) is 0 Å². The third-order valence-electron chi connectivity index (χ3n) is 0.163. The summed E-state index contributed by atoms with van der Waals surface area (Å²) >= 11 is 0. The predicted octanol–water partition coefficient (Wildman–Crippen LogP) is -0.000810. The zero-order valence-corrected chi connectivity index (χ0v) is 2.79. The molecule has 33 valence electrons. The first-order valence-corrected chi connectivity index (χ1v) is 1.16. The fourth-order valence-electron chi connectivity index (χ4n) is 0.0451. The number of carbonyl (C=O) groups is 1. The van der Waals surface area contributed by atoms with Gasteiger partial charge in [-0.15, -0.1) is 4.91 Å². The normalized spacial score (nSPS) is 7.33. The smallest absolute Gasteiger partial charge is 0.335 e. The van der Waals surface area contributed by atoms with Crippen LogP contribution in [0.15, 0.2) is 5.18 Å². The van der Waals surface area contributed by atoms with Gasteiger partial charge in [-0.25, -0.2) is 4.79 Å². The van der Waals surface area contributed by atoms with Crippen LogP contribution in [0.2, 0.25) is 0 Å². The van der Waals surface area contributed by atoms with Crippen molar-refractivity contribution >= 4 is 5.97 Å². The molecule has 6 heavy (non-hydrogen) atoms. The number of hydrogen-bond donors (Lipinski definition) is 1. The Kier molecular flexibility index (Phi) is 1.96. The van der Waals surface area contributed by atoms with Gasteiger partial charge in [-0.2, -0.15) is 0 Å². The van der Waals surface area contributed by atoms with Crippen LogP contribution in [-0.2, 0) is 4.79 Å². The van der Waals surface area contributed by atoms with Crippen molar-refractivity contribution in [3.05, 3.63) is 11.5 Å². The van der Waals surface area contributed by atoms with E-state index in [1.54, 1.807) is 0 Å². The molecule has 0 aliphatic heterocycles. The maximum absolute atomic E-state index is 9.25. The van der Waals surface area contributed by atoms with E-state index in [2.05, 4.69) is 0 Å². The third-order valence-corrected chi connectivity index (χ3v) is 0.163. The minimum Gasteiger partial charge on any atom is -0.479 e. The molecule has 0 rings (SSSR count). The fourth-order valence-corrected chi connectivity index (χ4v) is 0.0451. The van der Waals surface area contributed by atoms with E-state index in [4.69, 9.17) is 10.0 Å². The molecule has 0 amide bonds. The Hall–Kier alpha value is -0.930. The van der Waals surface area contributed by atoms with Gasteiger partial charge in [0.25, 0.3) is 0 Å². The number of carboxylic acids is 1. The van der Waals surface area contributed by atoms with Crippen molar-refractivity contribution in [2.75, 3.05) is 0 Å². The van der Waals surface area contributed by atoms with Crippen molar-refractivity contribution in [2.45, 2.75) is 0 Å². The van der Waals surface area contributed by atoms with Gasteiger partial charge in [0.15, 0.2) is 0 Å². The molecule has 4 nitrogen and oxygen atoms in total. The topological polar surface area (TPSA) is 66.7 Å². The maximum atomic E-state index is 9.25. The highest BCUT2D eigenvalue weighted by molar-refractivity contribution is 5.75. The van der Waals surface area contributed by atoms with Crippen molar-refractivity contribution in [3.63, 3.8) is 0 Å². The molecule has 0 aromatic heterocycles. The van der Waals surface area contributed by atoms with Crippen LogP contribution in [0.25, 0.3) is 0 Å². The molecule has 0 spiro atoms. The van der Waals surface area contributed by atoms with Crippen LogP contribution in [0.3, 0.4) is 0 Å². The molecule has 0 atom stereocenters. The van der Waals surface area contributed by atoms with E-state index < -0.39 is 5.97 Å². The second-order valence-electron chi connectivity index (χ2n) is 0.573. The van der Waals surface area contributed by atoms with Gasteiger partial charge in [0, 0.05) is 0 Å². The molecule has 0 saturated heterocycles. The maximum Gasteiger partial charge on any atom is 0.335 e. The SMILES string of the molecule is O=N[CH]C(=O)O. The summed E-state index contributed by atoms with van der Waals surface area (Å²) in [5, 5.41) is 9.52. The molecule has 0 aliphatic rings. The van der Waals surface area contributed by atoms with Crippen LogP contribution in [0, 0.1) is 11.5 Å². The van der Waals surface area contributed by atoms with Crippen LogP contribution in [0.4, 0.5) is 0 Å². The van der Waals surface area contributed by atoms with Crippen molar-refractivity contribution in [1.82, 2.24) is 0 Å². The van der Waals surface area contributed by atoms with Gasteiger partial charge in [-0.05, 0) is 0 Å². The molecule has 0 fully saturated rings. The molecular weight excluding hydrogens is 86.0 g/mol. The summed E-state index contributed by atoms with van der Waals surface area (Å²) in [4.78, 5) is 18.2. The molecule has 0 bridgehead atoms. The lowest BCUT2D eigenvalue weighted by atomic mass is 10.7. The van der Waals surface area contributed by atoms with Gasteiger partial charge >= 0.3 is 5.97 Å². The molecule has 0 heterocycles. The quantitative estimate of drug-likeness (QED) is 0.483. The van der Waals surface area contributed by atoms with Crippen LogP contribution in [-0.4, -0.2) is 11.1 Å². The Morgan fingerprint density at radius 1 is 1.83 bits per heavy atom. The molecule has 0 aromatic carbocycles. The van der Waals surface area contributed by atoms with Crippen molar-refractivity contribution in [1.29, 1.82) is 0 Å². The van der Waals surface area contributed by atoms with E-state index in [0.717, 1.165) is 0 Å². The van der Waals surface area contributed by atoms with Gasteiger partial charge < -0.3 is 5.11 Å². The summed E-state index contributed by atoms with van der Waals surface area (Å²) in [6.07, 6.45) is 0. The average molecular weight is 88.0 g/mol. The highest BCUT2D eigenvalue weighted by Gasteiger charge is 1.90. The second-order valence-corrected chi connectivity index (χ2v) is 0.573. The molecule has 0 unspecified atom stereocenters. The third kappa shape index (κ3) is 3.07. The van der Waals surface area contributed by atoms with E-state index >= 15 is 0 Å². The Labute approximate surface area is 33.8 Å². The Morgan fingerprint density at radius 3 is 2.33 bits per heavy atom. The molecule has 1 radical (unpaired) electrons. The molecule has 1 N–H and O–H groups in total. The van der Waals surface area contributed by atoms with E-state index in [0.29, 0.717) is 0 Å². The van der Waals surface area contributed by atoms with Crippen molar-refractivity contribution in [2.24, 2.45) is 5.18 Å². The van der Waals surface area contributed by atoms with Crippen LogP contribution < -0.4 is 0 Å². The Bertz CT molecular complexity index is 69.2. The van der Waals surface area contributed by atoms with E-state index in [-0.39, 0.29) is 6.54 Å². The first kappa shape index (κ1) is 5.07. The lowest BCUT2D eigenvalue weighted by Crippen LogP contribution is -1.89. The largest absolute Gasteiger partial charge is 0.479 e. The first-order chi connectivity index (χ1) is 2.77. The summed E-state index contributed by atoms with van der Waals surface area (Å²) in [6, 6.07) is 0. The van der Waals surface area contributed by atoms with Crippen LogP contribution in [0.1, 0.15) is 0 Å². The molecule has 4 heteroatoms. The Morgan fingerprint density at radius 2 is 2.33 bits per heavy atom. The summed E-state index contributed by atoms with van der Waals surface area (Å²) < 4.78 is 0. The predicted molar refractivity (Wildman–Crippen MR) is 17.7 cm³/mol. The second kappa shape index (κ2) is 2.32. The summed E-state index contributed by atoms with van der Waals surface area (Å²) in [5.41, 5.74) is 0. The van der Waals surface area contributed by atoms with E-state index in [1.807, 2.05) is 5.18 Å². The molecule has 0 aliphatic carbocycles. The lowest BCUT2D eigenvalue weighted by molar-refractivity contribution is -0.133. The fraction of sp³-hybridized carbons (Fsp3) is 0. The number of hydrogen-bond acceptors (Lipinski definition) is 3. The summed E-state index contributed by atoms with van der Waals surface area (Å²) in [5.74, 6) is -1.31. The van der Waals surface area contributed by atoms with Crippen molar-refractivity contribution < 1.29 is 9.90 Å². The van der Waals surface area contributed by atoms with Crippen LogP contribution >= 0.6 is 0 Å². The number of rotatable bonds is 2. The number of aliphatic carboxylic acids is 1. The van der Waals surface area contributed by atoms with E-state index in [9.17, 15) is 4.79 Å². The van der Waals surface area contributed by atoms with Gasteiger partial charge in [0.1, 0.15) is 0 Å². The van der Waals surface area contributed by atoms with Gasteiger partial charge in [0.05, 0.1) is 0 Å². The molecule has 0 saturated carbocycles. The number of nitrogens with zero attached hydrogens (tertiary/aromatic N) is 1. The first-order valence-electron chi connectivity index (χ1n) is 1.16. The number of carboxylic acid groups (broad SMARTS) is 1. The summed E-state index contributed by atoms with van der Waals surface area (Å²) in [7, 11) is 0. The average Bonchev–Trinajstić information content (AvgIpc) is 1.35. The Balaban J connectivity index is 3.05. The summed E-state index contributed by atoms with van der Waals surface area (Å²) in [6.45, 7) is 0.278. The molecular formula is C2H2NO3. The van der Waals surface area contributed by atoms with E-state index in [1.165, 1.54) is 0 Å². The highest BCUT2D eigenvalue weighted by Crippen LogP contribution is 1.71. The van der Waals surface area contributed by atoms with Gasteiger partial charge in [0.2, 0.25) is 6.54 Å². The minimum atomic E-state index is -1.31. The lowest BCUT2D eigenvalue weighted by Gasteiger charge is -1.69. The van der Waals surface area contributed by atoms with Gasteiger partial charge in [-0.1, -0.05) is 5.18 Å². The highest BCUT2D eigenvalue weighted by atomic mass is 16.4. The monoisotopic (exact) mass is 88.0 g/mol. The number of nitroso groups, excluding NO2 is 1.